The normalized spacial score (nSPS) is 16.5. The molecule has 4 rings (SSSR count). The van der Waals surface area contributed by atoms with Crippen LogP contribution in [0, 0.1) is 6.92 Å². The van der Waals surface area contributed by atoms with Gasteiger partial charge in [0, 0.05) is 28.0 Å². The smallest absolute Gasteiger partial charge is 0.287 e. The lowest BCUT2D eigenvalue weighted by Gasteiger charge is -2.26. The van der Waals surface area contributed by atoms with Gasteiger partial charge in [0.15, 0.2) is 5.76 Å². The zero-order chi connectivity index (χ0) is 16.7. The van der Waals surface area contributed by atoms with Crippen molar-refractivity contribution in [1.82, 2.24) is 5.32 Å². The molecule has 0 radical (unpaired) electrons. The Labute approximate surface area is 144 Å². The molecule has 4 nitrogen and oxygen atoms in total. The molecule has 1 aliphatic rings. The molecule has 0 saturated heterocycles. The SMILES string of the molecule is Cc1c(C(=O)N[C@H]2CCOc3ccccc32)oc2ccc(Cl)cc12. The molecule has 24 heavy (non-hydrogen) atoms. The molecule has 2 heterocycles. The second-order valence-electron chi connectivity index (χ2n) is 5.90. The Bertz CT molecular complexity index is 932. The van der Waals surface area contributed by atoms with Crippen molar-refractivity contribution in [1.29, 1.82) is 0 Å². The highest BCUT2D eigenvalue weighted by Gasteiger charge is 2.25. The summed E-state index contributed by atoms with van der Waals surface area (Å²) in [5.74, 6) is 0.930. The molecule has 0 aliphatic carbocycles. The highest BCUT2D eigenvalue weighted by molar-refractivity contribution is 6.31. The second-order valence-corrected chi connectivity index (χ2v) is 6.33. The van der Waals surface area contributed by atoms with Crippen LogP contribution in [-0.4, -0.2) is 12.5 Å². The first-order valence-electron chi connectivity index (χ1n) is 7.85. The Morgan fingerprint density at radius 3 is 2.96 bits per heavy atom. The average molecular weight is 342 g/mol. The lowest BCUT2D eigenvalue weighted by atomic mass is 10.0. The van der Waals surface area contributed by atoms with Crippen molar-refractivity contribution in [3.63, 3.8) is 0 Å². The molecule has 0 spiro atoms. The van der Waals surface area contributed by atoms with Gasteiger partial charge in [0.25, 0.3) is 5.91 Å². The first-order chi connectivity index (χ1) is 11.6. The van der Waals surface area contributed by atoms with Crippen LogP contribution < -0.4 is 10.1 Å². The van der Waals surface area contributed by atoms with Gasteiger partial charge in [-0.15, -0.1) is 0 Å². The highest BCUT2D eigenvalue weighted by atomic mass is 35.5. The van der Waals surface area contributed by atoms with Crippen LogP contribution in [0.4, 0.5) is 0 Å². The van der Waals surface area contributed by atoms with E-state index in [0.29, 0.717) is 23.0 Å². The van der Waals surface area contributed by atoms with Gasteiger partial charge in [0.05, 0.1) is 12.6 Å². The van der Waals surface area contributed by atoms with E-state index < -0.39 is 0 Å². The third-order valence-electron chi connectivity index (χ3n) is 4.37. The van der Waals surface area contributed by atoms with Crippen molar-refractivity contribution in [2.45, 2.75) is 19.4 Å². The fourth-order valence-electron chi connectivity index (χ4n) is 3.13. The van der Waals surface area contributed by atoms with E-state index in [1.54, 1.807) is 12.1 Å². The number of carbonyl (C=O) groups excluding carboxylic acids is 1. The predicted molar refractivity (Wildman–Crippen MR) is 92.7 cm³/mol. The highest BCUT2D eigenvalue weighted by Crippen LogP contribution is 2.33. The van der Waals surface area contributed by atoms with Gasteiger partial charge in [-0.05, 0) is 31.2 Å². The largest absolute Gasteiger partial charge is 0.493 e. The standard InChI is InChI=1S/C19H16ClNO3/c1-11-14-10-12(20)6-7-17(14)24-18(11)19(22)21-15-8-9-23-16-5-3-2-4-13(15)16/h2-7,10,15H,8-9H2,1H3,(H,21,22)/t15-/m0/s1. The Balaban J connectivity index is 1.65. The molecule has 3 aromatic rings. The maximum atomic E-state index is 12.7. The van der Waals surface area contributed by atoms with Crippen LogP contribution >= 0.6 is 11.6 Å². The predicted octanol–water partition coefficient (Wildman–Crippen LogP) is 4.65. The Kier molecular flexibility index (Phi) is 3.69. The number of furan rings is 1. The molecule has 1 atom stereocenters. The van der Waals surface area contributed by atoms with E-state index in [0.717, 1.165) is 28.7 Å². The van der Waals surface area contributed by atoms with Crippen LogP contribution in [0.15, 0.2) is 46.9 Å². The number of rotatable bonds is 2. The van der Waals surface area contributed by atoms with Gasteiger partial charge < -0.3 is 14.5 Å². The van der Waals surface area contributed by atoms with E-state index in [9.17, 15) is 4.79 Å². The molecular weight excluding hydrogens is 326 g/mol. The number of benzene rings is 2. The zero-order valence-corrected chi connectivity index (χ0v) is 13.9. The second kappa shape index (κ2) is 5.87. The monoisotopic (exact) mass is 341 g/mol. The molecule has 122 valence electrons. The lowest BCUT2D eigenvalue weighted by Crippen LogP contribution is -2.32. The number of hydrogen-bond donors (Lipinski definition) is 1. The van der Waals surface area contributed by atoms with E-state index in [2.05, 4.69) is 5.32 Å². The molecule has 1 N–H and O–H groups in total. The molecular formula is C19H16ClNO3. The van der Waals surface area contributed by atoms with Crippen LogP contribution in [0.25, 0.3) is 11.0 Å². The summed E-state index contributed by atoms with van der Waals surface area (Å²) in [5, 5.41) is 4.55. The van der Waals surface area contributed by atoms with Gasteiger partial charge >= 0.3 is 0 Å². The minimum absolute atomic E-state index is 0.0846. The Hall–Kier alpha value is -2.46. The minimum Gasteiger partial charge on any atom is -0.493 e. The van der Waals surface area contributed by atoms with Crippen LogP contribution in [0.3, 0.4) is 0 Å². The first kappa shape index (κ1) is 15.1. The summed E-state index contributed by atoms with van der Waals surface area (Å²) in [6, 6.07) is 13.0. The lowest BCUT2D eigenvalue weighted by molar-refractivity contribution is 0.0898. The van der Waals surface area contributed by atoms with E-state index in [1.165, 1.54) is 0 Å². The number of ether oxygens (including phenoxy) is 1. The molecule has 1 aromatic heterocycles. The summed E-state index contributed by atoms with van der Waals surface area (Å²) in [4.78, 5) is 12.7. The van der Waals surface area contributed by atoms with Gasteiger partial charge in [-0.1, -0.05) is 29.8 Å². The number of carbonyl (C=O) groups is 1. The van der Waals surface area contributed by atoms with Crippen molar-refractivity contribution in [2.24, 2.45) is 0 Å². The molecule has 2 aromatic carbocycles. The number of nitrogens with one attached hydrogen (secondary N) is 1. The van der Waals surface area contributed by atoms with Crippen molar-refractivity contribution in [3.05, 3.63) is 64.4 Å². The number of amides is 1. The Morgan fingerprint density at radius 1 is 1.25 bits per heavy atom. The van der Waals surface area contributed by atoms with E-state index in [-0.39, 0.29) is 11.9 Å². The summed E-state index contributed by atoms with van der Waals surface area (Å²) in [5.41, 5.74) is 2.45. The van der Waals surface area contributed by atoms with Gasteiger partial charge in [-0.2, -0.15) is 0 Å². The quantitative estimate of drug-likeness (QED) is 0.738. The third kappa shape index (κ3) is 2.53. The molecule has 0 bridgehead atoms. The van der Waals surface area contributed by atoms with E-state index >= 15 is 0 Å². The summed E-state index contributed by atoms with van der Waals surface area (Å²) >= 11 is 6.04. The molecule has 5 heteroatoms. The van der Waals surface area contributed by atoms with Gasteiger partial charge in [-0.3, -0.25) is 4.79 Å². The fraction of sp³-hybridized carbons (Fsp3) is 0.211. The Morgan fingerprint density at radius 2 is 2.08 bits per heavy atom. The van der Waals surface area contributed by atoms with Crippen LogP contribution in [0.5, 0.6) is 5.75 Å². The third-order valence-corrected chi connectivity index (χ3v) is 4.60. The van der Waals surface area contributed by atoms with Crippen molar-refractivity contribution in [2.75, 3.05) is 6.61 Å². The number of para-hydroxylation sites is 1. The summed E-state index contributed by atoms with van der Waals surface area (Å²) in [7, 11) is 0. The number of fused-ring (bicyclic) bond motifs is 2. The van der Waals surface area contributed by atoms with Crippen LogP contribution in [-0.2, 0) is 0 Å². The number of aryl methyl sites for hydroxylation is 1. The van der Waals surface area contributed by atoms with Crippen LogP contribution in [0.1, 0.15) is 34.1 Å². The average Bonchev–Trinajstić information content (AvgIpc) is 2.92. The molecule has 0 unspecified atom stereocenters. The molecule has 1 aliphatic heterocycles. The fourth-order valence-corrected chi connectivity index (χ4v) is 3.30. The first-order valence-corrected chi connectivity index (χ1v) is 8.22. The molecule has 0 saturated carbocycles. The van der Waals surface area contributed by atoms with Crippen molar-refractivity contribution >= 4 is 28.5 Å². The van der Waals surface area contributed by atoms with Crippen molar-refractivity contribution < 1.29 is 13.9 Å². The molecule has 1 amide bonds. The zero-order valence-electron chi connectivity index (χ0n) is 13.1. The summed E-state index contributed by atoms with van der Waals surface area (Å²) < 4.78 is 11.4. The number of hydrogen-bond acceptors (Lipinski definition) is 3. The van der Waals surface area contributed by atoms with Gasteiger partial charge in [0.2, 0.25) is 0 Å². The number of halogens is 1. The van der Waals surface area contributed by atoms with Gasteiger partial charge in [-0.25, -0.2) is 0 Å². The summed E-state index contributed by atoms with van der Waals surface area (Å²) in [6.07, 6.45) is 0.730. The van der Waals surface area contributed by atoms with E-state index in [1.807, 2.05) is 37.3 Å². The van der Waals surface area contributed by atoms with E-state index in [4.69, 9.17) is 20.8 Å². The van der Waals surface area contributed by atoms with Crippen LogP contribution in [0.2, 0.25) is 5.02 Å². The minimum atomic E-state index is -0.221. The van der Waals surface area contributed by atoms with Crippen molar-refractivity contribution in [3.8, 4) is 5.75 Å². The topological polar surface area (TPSA) is 51.5 Å². The van der Waals surface area contributed by atoms with Gasteiger partial charge in [0.1, 0.15) is 11.3 Å². The molecule has 0 fully saturated rings. The maximum absolute atomic E-state index is 12.7. The maximum Gasteiger partial charge on any atom is 0.287 e. The summed E-state index contributed by atoms with van der Waals surface area (Å²) in [6.45, 7) is 2.45.